The molecule has 108 valence electrons. The summed E-state index contributed by atoms with van der Waals surface area (Å²) >= 11 is 0. The molecule has 0 aliphatic carbocycles. The maximum Gasteiger partial charge on any atom is 0.250 e. The molecule has 2 amide bonds. The van der Waals surface area contributed by atoms with Gasteiger partial charge < -0.3 is 4.90 Å². The van der Waals surface area contributed by atoms with Gasteiger partial charge in [0.05, 0.1) is 11.4 Å². The number of rotatable bonds is 2. The molecule has 3 heterocycles. The second-order valence-electron chi connectivity index (χ2n) is 5.60. The van der Waals surface area contributed by atoms with Gasteiger partial charge in [0.15, 0.2) is 0 Å². The SMILES string of the molecule is CCC1C(=O)N2CCCC2C(=O)N1c1cn(C)nc1C. The first-order valence-corrected chi connectivity index (χ1v) is 7.18. The highest BCUT2D eigenvalue weighted by atomic mass is 16.2. The van der Waals surface area contributed by atoms with Crippen molar-refractivity contribution in [3.05, 3.63) is 11.9 Å². The van der Waals surface area contributed by atoms with E-state index >= 15 is 0 Å². The third-order valence-corrected chi connectivity index (χ3v) is 4.29. The molecule has 0 aromatic carbocycles. The molecule has 20 heavy (non-hydrogen) atoms. The fraction of sp³-hybridized carbons (Fsp3) is 0.643. The molecule has 2 aliphatic rings. The zero-order valence-corrected chi connectivity index (χ0v) is 12.2. The lowest BCUT2D eigenvalue weighted by Crippen LogP contribution is -2.63. The van der Waals surface area contributed by atoms with E-state index in [1.807, 2.05) is 27.1 Å². The first-order valence-electron chi connectivity index (χ1n) is 7.18. The van der Waals surface area contributed by atoms with Crippen LogP contribution in [0.3, 0.4) is 0 Å². The molecular formula is C14H20N4O2. The molecule has 6 heteroatoms. The van der Waals surface area contributed by atoms with Crippen molar-refractivity contribution in [1.29, 1.82) is 0 Å². The summed E-state index contributed by atoms with van der Waals surface area (Å²) in [5.41, 5.74) is 1.56. The first kappa shape index (κ1) is 13.1. The third-order valence-electron chi connectivity index (χ3n) is 4.29. The van der Waals surface area contributed by atoms with Crippen LogP contribution >= 0.6 is 0 Å². The van der Waals surface area contributed by atoms with Crippen molar-refractivity contribution in [3.63, 3.8) is 0 Å². The second kappa shape index (κ2) is 4.61. The highest BCUT2D eigenvalue weighted by molar-refractivity contribution is 6.08. The van der Waals surface area contributed by atoms with Crippen molar-refractivity contribution >= 4 is 17.5 Å². The summed E-state index contributed by atoms with van der Waals surface area (Å²) in [5.74, 6) is 0.128. The number of aromatic nitrogens is 2. The van der Waals surface area contributed by atoms with Crippen LogP contribution in [0.1, 0.15) is 31.9 Å². The zero-order valence-electron chi connectivity index (χ0n) is 12.2. The minimum atomic E-state index is -0.389. The number of hydrogen-bond donors (Lipinski definition) is 0. The van der Waals surface area contributed by atoms with Crippen LogP contribution < -0.4 is 4.90 Å². The van der Waals surface area contributed by atoms with Gasteiger partial charge in [-0.2, -0.15) is 5.10 Å². The van der Waals surface area contributed by atoms with Gasteiger partial charge in [0.25, 0.3) is 5.91 Å². The number of hydrogen-bond acceptors (Lipinski definition) is 3. The largest absolute Gasteiger partial charge is 0.329 e. The van der Waals surface area contributed by atoms with Gasteiger partial charge >= 0.3 is 0 Å². The molecule has 2 unspecified atom stereocenters. The highest BCUT2D eigenvalue weighted by Crippen LogP contribution is 2.32. The summed E-state index contributed by atoms with van der Waals surface area (Å²) in [4.78, 5) is 28.8. The summed E-state index contributed by atoms with van der Waals surface area (Å²) in [6.45, 7) is 4.54. The molecule has 2 saturated heterocycles. The summed E-state index contributed by atoms with van der Waals surface area (Å²) in [6.07, 6.45) is 4.14. The minimum absolute atomic E-state index is 0.0463. The van der Waals surface area contributed by atoms with Crippen molar-refractivity contribution in [2.45, 2.75) is 45.2 Å². The monoisotopic (exact) mass is 276 g/mol. The Morgan fingerprint density at radius 1 is 1.35 bits per heavy atom. The molecule has 0 radical (unpaired) electrons. The Kier molecular flexibility index (Phi) is 3.03. The van der Waals surface area contributed by atoms with Gasteiger partial charge in [-0.15, -0.1) is 0 Å². The Balaban J connectivity index is 2.05. The molecule has 0 N–H and O–H groups in total. The van der Waals surface area contributed by atoms with E-state index in [4.69, 9.17) is 0 Å². The van der Waals surface area contributed by atoms with E-state index in [0.29, 0.717) is 13.0 Å². The molecule has 0 saturated carbocycles. The van der Waals surface area contributed by atoms with Gasteiger partial charge in [-0.3, -0.25) is 19.2 Å². The molecule has 1 aromatic rings. The van der Waals surface area contributed by atoms with Crippen LogP contribution in [0.25, 0.3) is 0 Å². The summed E-state index contributed by atoms with van der Waals surface area (Å²) in [5, 5.41) is 4.30. The van der Waals surface area contributed by atoms with Crippen molar-refractivity contribution in [2.75, 3.05) is 11.4 Å². The predicted molar refractivity (Wildman–Crippen MR) is 74.2 cm³/mol. The van der Waals surface area contributed by atoms with Crippen LogP contribution in [0.15, 0.2) is 6.20 Å². The lowest BCUT2D eigenvalue weighted by Gasteiger charge is -2.41. The Morgan fingerprint density at radius 3 is 2.70 bits per heavy atom. The van der Waals surface area contributed by atoms with Crippen LogP contribution in [0.4, 0.5) is 5.69 Å². The quantitative estimate of drug-likeness (QED) is 0.804. The van der Waals surface area contributed by atoms with E-state index in [2.05, 4.69) is 5.10 Å². The van der Waals surface area contributed by atoms with E-state index in [1.165, 1.54) is 0 Å². The average molecular weight is 276 g/mol. The maximum atomic E-state index is 12.8. The highest BCUT2D eigenvalue weighted by Gasteiger charge is 2.48. The number of aryl methyl sites for hydroxylation is 2. The molecule has 6 nitrogen and oxygen atoms in total. The Hall–Kier alpha value is -1.85. The topological polar surface area (TPSA) is 58.4 Å². The molecule has 2 atom stereocenters. The smallest absolute Gasteiger partial charge is 0.250 e. The maximum absolute atomic E-state index is 12.8. The summed E-state index contributed by atoms with van der Waals surface area (Å²) < 4.78 is 1.69. The normalized spacial score (nSPS) is 26.4. The second-order valence-corrected chi connectivity index (χ2v) is 5.60. The summed E-state index contributed by atoms with van der Waals surface area (Å²) in [7, 11) is 1.83. The van der Waals surface area contributed by atoms with E-state index in [0.717, 1.165) is 24.2 Å². The summed E-state index contributed by atoms with van der Waals surface area (Å²) in [6, 6.07) is -0.662. The van der Waals surface area contributed by atoms with Crippen LogP contribution in [0.2, 0.25) is 0 Å². The van der Waals surface area contributed by atoms with E-state index in [-0.39, 0.29) is 23.9 Å². The van der Waals surface area contributed by atoms with Crippen molar-refractivity contribution < 1.29 is 9.59 Å². The van der Waals surface area contributed by atoms with Gasteiger partial charge in [0.2, 0.25) is 5.91 Å². The fourth-order valence-corrected chi connectivity index (χ4v) is 3.37. The molecule has 2 fully saturated rings. The number of carbonyl (C=O) groups excluding carboxylic acids is 2. The third kappa shape index (κ3) is 1.74. The van der Waals surface area contributed by atoms with Gasteiger partial charge in [-0.05, 0) is 26.2 Å². The van der Waals surface area contributed by atoms with Gasteiger partial charge in [-0.25, -0.2) is 0 Å². The van der Waals surface area contributed by atoms with Crippen molar-refractivity contribution in [2.24, 2.45) is 7.05 Å². The Morgan fingerprint density at radius 2 is 2.10 bits per heavy atom. The van der Waals surface area contributed by atoms with Crippen molar-refractivity contribution in [3.8, 4) is 0 Å². The number of fused-ring (bicyclic) bond motifs is 1. The number of amides is 2. The minimum Gasteiger partial charge on any atom is -0.329 e. The van der Waals surface area contributed by atoms with Crippen LogP contribution in [-0.4, -0.2) is 45.1 Å². The number of piperazine rings is 1. The van der Waals surface area contributed by atoms with E-state index in [1.54, 1.807) is 14.5 Å². The zero-order chi connectivity index (χ0) is 14.4. The number of nitrogens with zero attached hydrogens (tertiary/aromatic N) is 4. The predicted octanol–water partition coefficient (Wildman–Crippen LogP) is 0.845. The molecule has 1 aromatic heterocycles. The molecule has 0 spiro atoms. The lowest BCUT2D eigenvalue weighted by atomic mass is 10.0. The van der Waals surface area contributed by atoms with Gasteiger partial charge in [0.1, 0.15) is 12.1 Å². The van der Waals surface area contributed by atoms with Crippen LogP contribution in [0, 0.1) is 6.92 Å². The number of carbonyl (C=O) groups is 2. The van der Waals surface area contributed by atoms with Crippen LogP contribution in [0.5, 0.6) is 0 Å². The Bertz CT molecular complexity index is 566. The molecule has 2 aliphatic heterocycles. The average Bonchev–Trinajstić information content (AvgIpc) is 3.00. The molecule has 3 rings (SSSR count). The Labute approximate surface area is 118 Å². The van der Waals surface area contributed by atoms with Gasteiger partial charge in [-0.1, -0.05) is 6.92 Å². The van der Waals surface area contributed by atoms with Crippen LogP contribution in [-0.2, 0) is 16.6 Å². The first-order chi connectivity index (χ1) is 9.54. The molecular weight excluding hydrogens is 256 g/mol. The fourth-order valence-electron chi connectivity index (χ4n) is 3.37. The van der Waals surface area contributed by atoms with E-state index < -0.39 is 0 Å². The van der Waals surface area contributed by atoms with Crippen molar-refractivity contribution in [1.82, 2.24) is 14.7 Å². The molecule has 0 bridgehead atoms. The lowest BCUT2D eigenvalue weighted by molar-refractivity contribution is -0.144. The number of anilines is 1. The van der Waals surface area contributed by atoms with E-state index in [9.17, 15) is 9.59 Å². The standard InChI is InChI=1S/C14H20N4O2/c1-4-10-13(19)17-7-5-6-11(17)14(20)18(10)12-8-16(3)15-9(12)2/h8,10-11H,4-7H2,1-3H3. The van der Waals surface area contributed by atoms with Gasteiger partial charge in [0, 0.05) is 19.8 Å².